The normalized spacial score (nSPS) is 10.6. The molecule has 0 aliphatic rings. The van der Waals surface area contributed by atoms with Crippen LogP contribution in [0.3, 0.4) is 0 Å². The third-order valence-corrected chi connectivity index (χ3v) is 2.67. The summed E-state index contributed by atoms with van der Waals surface area (Å²) >= 11 is 0. The smallest absolute Gasteiger partial charge is 0.271 e. The predicted octanol–water partition coefficient (Wildman–Crippen LogP) is 1.57. The molecule has 2 aromatic carbocycles. The van der Waals surface area contributed by atoms with Crippen LogP contribution in [-0.4, -0.2) is 17.0 Å². The summed E-state index contributed by atoms with van der Waals surface area (Å²) in [5.74, 6) is -1.74. The number of halogens is 1. The van der Waals surface area contributed by atoms with E-state index in [9.17, 15) is 24.4 Å². The first-order valence-electron chi connectivity index (χ1n) is 6.02. The quantitative estimate of drug-likeness (QED) is 0.525. The highest BCUT2D eigenvalue weighted by molar-refractivity contribution is 5.94. The maximum Gasteiger partial charge on any atom is 0.271 e. The Morgan fingerprint density at radius 1 is 1.23 bits per heavy atom. The topological polar surface area (TPSA) is 108 Å². The number of nitrogens with one attached hydrogen (secondary N) is 1. The second-order valence-electron chi connectivity index (χ2n) is 4.19. The van der Waals surface area contributed by atoms with Gasteiger partial charge in [-0.05, 0) is 30.0 Å². The Labute approximate surface area is 123 Å². The van der Waals surface area contributed by atoms with E-state index in [1.54, 1.807) is 0 Å². The molecular formula is C14H9FN3O4-. The Bertz CT molecular complexity index is 744. The molecule has 8 heteroatoms. The van der Waals surface area contributed by atoms with Crippen LogP contribution in [0.1, 0.15) is 15.9 Å². The fraction of sp³-hybridized carbons (Fsp3) is 0. The SMILES string of the molecule is O=C(N/N=C\c1ccc([O-])c([N+](=O)[O-])c1)c1ccc(F)cc1. The number of hydrazone groups is 1. The molecule has 1 amide bonds. The molecule has 0 heterocycles. The number of carbonyl (C=O) groups is 1. The molecule has 0 fully saturated rings. The van der Waals surface area contributed by atoms with Crippen LogP contribution in [0.2, 0.25) is 0 Å². The summed E-state index contributed by atoms with van der Waals surface area (Å²) in [4.78, 5) is 21.5. The van der Waals surface area contributed by atoms with Crippen molar-refractivity contribution in [3.63, 3.8) is 0 Å². The first-order valence-corrected chi connectivity index (χ1v) is 6.02. The van der Waals surface area contributed by atoms with E-state index in [0.717, 1.165) is 30.5 Å². The van der Waals surface area contributed by atoms with Gasteiger partial charge in [0.25, 0.3) is 11.6 Å². The van der Waals surface area contributed by atoms with Gasteiger partial charge in [0.15, 0.2) is 0 Å². The molecule has 7 nitrogen and oxygen atoms in total. The molecule has 1 N–H and O–H groups in total. The monoisotopic (exact) mass is 302 g/mol. The van der Waals surface area contributed by atoms with Gasteiger partial charge in [0.2, 0.25) is 0 Å². The number of nitro benzene ring substituents is 1. The average molecular weight is 302 g/mol. The molecule has 0 radical (unpaired) electrons. The van der Waals surface area contributed by atoms with Gasteiger partial charge in [-0.15, -0.1) is 0 Å². The van der Waals surface area contributed by atoms with Crippen LogP contribution in [0.4, 0.5) is 10.1 Å². The second-order valence-corrected chi connectivity index (χ2v) is 4.19. The summed E-state index contributed by atoms with van der Waals surface area (Å²) in [5.41, 5.74) is 2.11. The van der Waals surface area contributed by atoms with E-state index in [4.69, 9.17) is 0 Å². The minimum Gasteiger partial charge on any atom is -0.868 e. The zero-order chi connectivity index (χ0) is 16.1. The van der Waals surface area contributed by atoms with Crippen LogP contribution in [0.25, 0.3) is 0 Å². The Hall–Kier alpha value is -3.29. The van der Waals surface area contributed by atoms with E-state index in [1.165, 1.54) is 18.2 Å². The highest BCUT2D eigenvalue weighted by atomic mass is 19.1. The van der Waals surface area contributed by atoms with Gasteiger partial charge in [-0.2, -0.15) is 5.10 Å². The van der Waals surface area contributed by atoms with Crippen LogP contribution >= 0.6 is 0 Å². The minimum atomic E-state index is -0.795. The van der Waals surface area contributed by atoms with Gasteiger partial charge in [-0.3, -0.25) is 14.9 Å². The zero-order valence-corrected chi connectivity index (χ0v) is 11.0. The van der Waals surface area contributed by atoms with E-state index < -0.39 is 28.1 Å². The molecule has 0 spiro atoms. The van der Waals surface area contributed by atoms with E-state index in [1.807, 2.05) is 0 Å². The molecule has 22 heavy (non-hydrogen) atoms. The molecule has 0 saturated heterocycles. The van der Waals surface area contributed by atoms with Gasteiger partial charge < -0.3 is 5.11 Å². The zero-order valence-electron chi connectivity index (χ0n) is 11.0. The number of nitro groups is 1. The summed E-state index contributed by atoms with van der Waals surface area (Å²) in [5, 5.41) is 25.5. The lowest BCUT2D eigenvalue weighted by Gasteiger charge is -2.06. The van der Waals surface area contributed by atoms with E-state index in [0.29, 0.717) is 0 Å². The maximum atomic E-state index is 12.7. The highest BCUT2D eigenvalue weighted by Crippen LogP contribution is 2.22. The molecule has 2 rings (SSSR count). The molecule has 0 saturated carbocycles. The van der Waals surface area contributed by atoms with Gasteiger partial charge in [-0.1, -0.05) is 12.1 Å². The van der Waals surface area contributed by atoms with Crippen LogP contribution in [-0.2, 0) is 0 Å². The maximum absolute atomic E-state index is 12.7. The lowest BCUT2D eigenvalue weighted by molar-refractivity contribution is -0.398. The summed E-state index contributed by atoms with van der Waals surface area (Å²) in [6, 6.07) is 8.28. The Morgan fingerprint density at radius 2 is 1.91 bits per heavy atom. The summed E-state index contributed by atoms with van der Waals surface area (Å²) in [6.45, 7) is 0. The van der Waals surface area contributed by atoms with E-state index in [-0.39, 0.29) is 11.1 Å². The van der Waals surface area contributed by atoms with Crippen molar-refractivity contribution in [3.8, 4) is 5.75 Å². The Balaban J connectivity index is 2.06. The molecule has 0 aromatic heterocycles. The van der Waals surface area contributed by atoms with Crippen molar-refractivity contribution in [2.75, 3.05) is 0 Å². The van der Waals surface area contributed by atoms with Gasteiger partial charge >= 0.3 is 0 Å². The van der Waals surface area contributed by atoms with Crippen molar-refractivity contribution in [2.45, 2.75) is 0 Å². The summed E-state index contributed by atoms with van der Waals surface area (Å²) < 4.78 is 12.7. The first-order chi connectivity index (χ1) is 10.5. The van der Waals surface area contributed by atoms with E-state index in [2.05, 4.69) is 10.5 Å². The summed E-state index contributed by atoms with van der Waals surface area (Å²) in [7, 11) is 0. The number of benzene rings is 2. The van der Waals surface area contributed by atoms with Crippen LogP contribution in [0.5, 0.6) is 5.75 Å². The molecular weight excluding hydrogens is 293 g/mol. The van der Waals surface area contributed by atoms with Crippen LogP contribution < -0.4 is 10.5 Å². The molecule has 0 aliphatic carbocycles. The Kier molecular flexibility index (Phi) is 4.42. The molecule has 0 aliphatic heterocycles. The Morgan fingerprint density at radius 3 is 2.55 bits per heavy atom. The molecule has 0 unspecified atom stereocenters. The third-order valence-electron chi connectivity index (χ3n) is 2.67. The number of hydrogen-bond acceptors (Lipinski definition) is 5. The van der Waals surface area contributed by atoms with Crippen molar-refractivity contribution in [2.24, 2.45) is 5.10 Å². The number of carbonyl (C=O) groups excluding carboxylic acids is 1. The van der Waals surface area contributed by atoms with Gasteiger partial charge in [0.05, 0.1) is 11.1 Å². The number of hydrogen-bond donors (Lipinski definition) is 1. The minimum absolute atomic E-state index is 0.208. The van der Waals surface area contributed by atoms with Gasteiger partial charge in [0.1, 0.15) is 5.82 Å². The van der Waals surface area contributed by atoms with Gasteiger partial charge in [-0.25, -0.2) is 9.82 Å². The van der Waals surface area contributed by atoms with Crippen molar-refractivity contribution in [1.29, 1.82) is 0 Å². The average Bonchev–Trinajstić information content (AvgIpc) is 2.49. The lowest BCUT2D eigenvalue weighted by atomic mass is 10.2. The first kappa shape index (κ1) is 15.1. The van der Waals surface area contributed by atoms with E-state index >= 15 is 0 Å². The number of rotatable bonds is 4. The molecule has 0 bridgehead atoms. The number of nitrogens with zero attached hydrogens (tertiary/aromatic N) is 2. The predicted molar refractivity (Wildman–Crippen MR) is 74.0 cm³/mol. The van der Waals surface area contributed by atoms with Gasteiger partial charge in [0, 0.05) is 17.2 Å². The van der Waals surface area contributed by atoms with Crippen LogP contribution in [0.15, 0.2) is 47.6 Å². The fourth-order valence-corrected chi connectivity index (χ4v) is 1.59. The third kappa shape index (κ3) is 3.63. The van der Waals surface area contributed by atoms with Crippen molar-refractivity contribution >= 4 is 17.8 Å². The highest BCUT2D eigenvalue weighted by Gasteiger charge is 2.07. The van der Waals surface area contributed by atoms with Crippen molar-refractivity contribution in [3.05, 3.63) is 69.5 Å². The van der Waals surface area contributed by atoms with Crippen LogP contribution in [0, 0.1) is 15.9 Å². The standard InChI is InChI=1S/C14H10FN3O4/c15-11-4-2-10(3-5-11)14(20)17-16-8-9-1-6-13(19)12(7-9)18(21)22/h1-8,19H,(H,17,20)/p-1/b16-8-. The molecule has 0 atom stereocenters. The number of amides is 1. The molecule has 112 valence electrons. The lowest BCUT2D eigenvalue weighted by Crippen LogP contribution is -2.17. The largest absolute Gasteiger partial charge is 0.868 e. The van der Waals surface area contributed by atoms with Crippen molar-refractivity contribution in [1.82, 2.24) is 5.43 Å². The fourth-order valence-electron chi connectivity index (χ4n) is 1.59. The summed E-state index contributed by atoms with van der Waals surface area (Å²) in [6.07, 6.45) is 1.16. The second kappa shape index (κ2) is 6.44. The van der Waals surface area contributed by atoms with Crippen molar-refractivity contribution < 1.29 is 19.2 Å². The molecule has 2 aromatic rings.